The van der Waals surface area contributed by atoms with E-state index in [-0.39, 0.29) is 0 Å². The number of benzene rings is 1. The van der Waals surface area contributed by atoms with Crippen molar-refractivity contribution in [2.45, 2.75) is 33.1 Å². The van der Waals surface area contributed by atoms with Crippen LogP contribution in [0.15, 0.2) is 30.6 Å². The van der Waals surface area contributed by atoms with Gasteiger partial charge in [-0.3, -0.25) is 0 Å². The zero-order valence-electron chi connectivity index (χ0n) is 12.5. The number of halogens is 1. The van der Waals surface area contributed by atoms with E-state index < -0.39 is 0 Å². The second-order valence-electron chi connectivity index (χ2n) is 4.83. The summed E-state index contributed by atoms with van der Waals surface area (Å²) >= 11 is 2.33. The van der Waals surface area contributed by atoms with E-state index in [1.807, 2.05) is 12.1 Å². The molecule has 0 atom stereocenters. The third kappa shape index (κ3) is 4.30. The highest BCUT2D eigenvalue weighted by molar-refractivity contribution is 14.1. The molecular formula is C16H21IN4. The molecule has 0 radical (unpaired) electrons. The highest BCUT2D eigenvalue weighted by Gasteiger charge is 2.11. The summed E-state index contributed by atoms with van der Waals surface area (Å²) in [5.41, 5.74) is 2.24. The quantitative estimate of drug-likeness (QED) is 0.672. The van der Waals surface area contributed by atoms with Crippen LogP contribution in [-0.4, -0.2) is 16.5 Å². The number of nitrogens with zero attached hydrogens (tertiary/aromatic N) is 2. The largest absolute Gasteiger partial charge is 0.370 e. The van der Waals surface area contributed by atoms with Gasteiger partial charge in [0.05, 0.1) is 5.69 Å². The zero-order chi connectivity index (χ0) is 15.1. The van der Waals surface area contributed by atoms with Gasteiger partial charge in [-0.05, 0) is 47.6 Å². The van der Waals surface area contributed by atoms with Crippen LogP contribution < -0.4 is 10.6 Å². The van der Waals surface area contributed by atoms with Crippen LogP contribution in [0.2, 0.25) is 0 Å². The Morgan fingerprint density at radius 2 is 1.81 bits per heavy atom. The van der Waals surface area contributed by atoms with Gasteiger partial charge in [0.25, 0.3) is 0 Å². The van der Waals surface area contributed by atoms with Crippen LogP contribution in [0, 0.1) is 3.57 Å². The van der Waals surface area contributed by atoms with E-state index in [1.54, 1.807) is 6.33 Å². The Hall–Kier alpha value is -1.37. The maximum absolute atomic E-state index is 4.44. The molecule has 0 amide bonds. The summed E-state index contributed by atoms with van der Waals surface area (Å²) in [5, 5.41) is 6.84. The second-order valence-corrected chi connectivity index (χ2v) is 5.99. The smallest absolute Gasteiger partial charge is 0.139 e. The van der Waals surface area contributed by atoms with Gasteiger partial charge in [0.15, 0.2) is 0 Å². The van der Waals surface area contributed by atoms with Gasteiger partial charge in [-0.1, -0.05) is 32.4 Å². The Morgan fingerprint density at radius 1 is 1.05 bits per heavy atom. The molecule has 0 aliphatic heterocycles. The van der Waals surface area contributed by atoms with Crippen molar-refractivity contribution in [2.24, 2.45) is 0 Å². The first-order valence-electron chi connectivity index (χ1n) is 7.35. The molecule has 0 aliphatic carbocycles. The number of hydrogen-bond acceptors (Lipinski definition) is 4. The van der Waals surface area contributed by atoms with Crippen molar-refractivity contribution in [1.82, 2.24) is 9.97 Å². The summed E-state index contributed by atoms with van der Waals surface area (Å²) in [4.78, 5) is 8.83. The van der Waals surface area contributed by atoms with Crippen molar-refractivity contribution < 1.29 is 0 Å². The predicted molar refractivity (Wildman–Crippen MR) is 97.2 cm³/mol. The highest BCUT2D eigenvalue weighted by Crippen LogP contribution is 2.27. The summed E-state index contributed by atoms with van der Waals surface area (Å²) in [5.74, 6) is 1.84. The Morgan fingerprint density at radius 3 is 2.52 bits per heavy atom. The van der Waals surface area contributed by atoms with Gasteiger partial charge in [0.2, 0.25) is 0 Å². The molecule has 2 aromatic rings. The third-order valence-electron chi connectivity index (χ3n) is 3.11. The second kappa shape index (κ2) is 8.17. The maximum atomic E-state index is 4.44. The number of rotatable bonds is 7. The van der Waals surface area contributed by atoms with Crippen molar-refractivity contribution in [3.8, 4) is 0 Å². The SMILES string of the molecule is CCCNc1ncnc(Nc2ccccc2I)c1CCC. The molecule has 112 valence electrons. The van der Waals surface area contributed by atoms with Crippen molar-refractivity contribution >= 4 is 39.9 Å². The minimum atomic E-state index is 0.898. The summed E-state index contributed by atoms with van der Waals surface area (Å²) in [7, 11) is 0. The van der Waals surface area contributed by atoms with E-state index in [9.17, 15) is 0 Å². The van der Waals surface area contributed by atoms with Crippen LogP contribution in [0.1, 0.15) is 32.3 Å². The molecule has 0 spiro atoms. The first-order chi connectivity index (χ1) is 10.3. The zero-order valence-corrected chi connectivity index (χ0v) is 14.6. The summed E-state index contributed by atoms with van der Waals surface area (Å²) in [6.07, 6.45) is 4.72. The normalized spacial score (nSPS) is 10.4. The molecule has 1 aromatic heterocycles. The molecule has 2 rings (SSSR count). The number of anilines is 3. The van der Waals surface area contributed by atoms with E-state index in [1.165, 1.54) is 3.57 Å². The predicted octanol–water partition coefficient (Wildman–Crippen LogP) is 4.60. The Bertz CT molecular complexity index is 586. The van der Waals surface area contributed by atoms with E-state index in [2.05, 4.69) is 69.2 Å². The number of hydrogen-bond donors (Lipinski definition) is 2. The molecule has 21 heavy (non-hydrogen) atoms. The van der Waals surface area contributed by atoms with E-state index >= 15 is 0 Å². The Balaban J connectivity index is 2.31. The molecule has 5 heteroatoms. The molecule has 2 N–H and O–H groups in total. The number of nitrogens with one attached hydrogen (secondary N) is 2. The summed E-state index contributed by atoms with van der Waals surface area (Å²) in [6, 6.07) is 8.22. The standard InChI is InChI=1S/C16H21IN4/c1-3-7-12-15(18-10-4-2)19-11-20-16(12)21-14-9-6-5-8-13(14)17/h5-6,8-9,11H,3-4,7,10H2,1-2H3,(H2,18,19,20,21). The molecule has 0 saturated heterocycles. The summed E-state index contributed by atoms with van der Waals surface area (Å²) in [6.45, 7) is 5.25. The number of aromatic nitrogens is 2. The summed E-state index contributed by atoms with van der Waals surface area (Å²) < 4.78 is 1.18. The van der Waals surface area contributed by atoms with Crippen LogP contribution >= 0.6 is 22.6 Å². The lowest BCUT2D eigenvalue weighted by atomic mass is 10.1. The van der Waals surface area contributed by atoms with Crippen LogP contribution in [0.3, 0.4) is 0 Å². The minimum absolute atomic E-state index is 0.898. The van der Waals surface area contributed by atoms with Crippen molar-refractivity contribution in [2.75, 3.05) is 17.2 Å². The van der Waals surface area contributed by atoms with Crippen molar-refractivity contribution in [3.05, 3.63) is 39.7 Å². The average molecular weight is 396 g/mol. The highest BCUT2D eigenvalue weighted by atomic mass is 127. The van der Waals surface area contributed by atoms with Gasteiger partial charge in [0.1, 0.15) is 18.0 Å². The molecule has 1 heterocycles. The average Bonchev–Trinajstić information content (AvgIpc) is 2.50. The Labute approximate surface area is 139 Å². The fraction of sp³-hybridized carbons (Fsp3) is 0.375. The first-order valence-corrected chi connectivity index (χ1v) is 8.43. The molecule has 0 unspecified atom stereocenters. The monoisotopic (exact) mass is 396 g/mol. The van der Waals surface area contributed by atoms with Gasteiger partial charge < -0.3 is 10.6 Å². The topological polar surface area (TPSA) is 49.8 Å². The fourth-order valence-corrected chi connectivity index (χ4v) is 2.61. The molecule has 1 aromatic carbocycles. The van der Waals surface area contributed by atoms with E-state index in [0.29, 0.717) is 0 Å². The molecule has 4 nitrogen and oxygen atoms in total. The van der Waals surface area contributed by atoms with Crippen molar-refractivity contribution in [3.63, 3.8) is 0 Å². The van der Waals surface area contributed by atoms with Gasteiger partial charge in [-0.15, -0.1) is 0 Å². The lowest BCUT2D eigenvalue weighted by molar-refractivity contribution is 0.892. The first kappa shape index (κ1) is 16.0. The fourth-order valence-electron chi connectivity index (χ4n) is 2.09. The van der Waals surface area contributed by atoms with E-state index in [4.69, 9.17) is 0 Å². The van der Waals surface area contributed by atoms with Gasteiger partial charge >= 0.3 is 0 Å². The molecule has 0 aliphatic rings. The van der Waals surface area contributed by atoms with Crippen LogP contribution in [0.25, 0.3) is 0 Å². The third-order valence-corrected chi connectivity index (χ3v) is 4.06. The molecule has 0 fully saturated rings. The number of para-hydroxylation sites is 1. The maximum Gasteiger partial charge on any atom is 0.139 e. The lowest BCUT2D eigenvalue weighted by Gasteiger charge is -2.15. The van der Waals surface area contributed by atoms with Gasteiger partial charge in [0, 0.05) is 15.7 Å². The van der Waals surface area contributed by atoms with Crippen LogP contribution in [0.5, 0.6) is 0 Å². The molecular weight excluding hydrogens is 375 g/mol. The van der Waals surface area contributed by atoms with Crippen molar-refractivity contribution in [1.29, 1.82) is 0 Å². The molecule has 0 bridgehead atoms. The Kier molecular flexibility index (Phi) is 6.22. The van der Waals surface area contributed by atoms with E-state index in [0.717, 1.165) is 48.7 Å². The minimum Gasteiger partial charge on any atom is -0.370 e. The van der Waals surface area contributed by atoms with Gasteiger partial charge in [-0.2, -0.15) is 0 Å². The molecule has 0 saturated carbocycles. The lowest BCUT2D eigenvalue weighted by Crippen LogP contribution is -2.09. The van der Waals surface area contributed by atoms with Crippen LogP contribution in [0.4, 0.5) is 17.3 Å². The van der Waals surface area contributed by atoms with Crippen LogP contribution in [-0.2, 0) is 6.42 Å². The van der Waals surface area contributed by atoms with Gasteiger partial charge in [-0.25, -0.2) is 9.97 Å².